The van der Waals surface area contributed by atoms with Crippen LogP contribution in [0.4, 0.5) is 0 Å². The van der Waals surface area contributed by atoms with Crippen molar-refractivity contribution >= 4 is 11.3 Å². The number of likely N-dealkylation sites (tertiary alicyclic amines) is 1. The molecule has 2 aliphatic rings. The number of rotatable bonds is 7. The van der Waals surface area contributed by atoms with Crippen LogP contribution < -0.4 is 9.47 Å². The van der Waals surface area contributed by atoms with Crippen LogP contribution in [0.1, 0.15) is 60.5 Å². The van der Waals surface area contributed by atoms with Gasteiger partial charge in [0.1, 0.15) is 22.1 Å². The Hall–Kier alpha value is -1.63. The van der Waals surface area contributed by atoms with Crippen molar-refractivity contribution in [1.82, 2.24) is 9.88 Å². The summed E-state index contributed by atoms with van der Waals surface area (Å²) in [7, 11) is 1.66. The van der Waals surface area contributed by atoms with E-state index in [2.05, 4.69) is 4.90 Å². The van der Waals surface area contributed by atoms with Crippen LogP contribution in [-0.4, -0.2) is 47.8 Å². The van der Waals surface area contributed by atoms with Crippen molar-refractivity contribution in [2.45, 2.75) is 69.9 Å². The molecule has 0 radical (unpaired) electrons. The van der Waals surface area contributed by atoms with Crippen molar-refractivity contribution in [2.24, 2.45) is 0 Å². The summed E-state index contributed by atoms with van der Waals surface area (Å²) >= 11 is 1.67. The van der Waals surface area contributed by atoms with Gasteiger partial charge >= 0.3 is 0 Å². The minimum absolute atomic E-state index is 0.600. The lowest BCUT2D eigenvalue weighted by molar-refractivity contribution is 0.0196. The molecule has 1 saturated heterocycles. The van der Waals surface area contributed by atoms with E-state index in [4.69, 9.17) is 14.5 Å². The number of aromatic nitrogens is 1. The molecule has 1 atom stereocenters. The molecule has 164 valence electrons. The van der Waals surface area contributed by atoms with Crippen LogP contribution >= 0.6 is 11.3 Å². The Bertz CT molecular complexity index is 816. The molecule has 1 aromatic heterocycles. The number of ether oxygens (including phenoxy) is 2. The molecule has 0 unspecified atom stereocenters. The summed E-state index contributed by atoms with van der Waals surface area (Å²) in [5, 5.41) is 12.3. The van der Waals surface area contributed by atoms with Gasteiger partial charge in [-0.1, -0.05) is 12.8 Å². The molecule has 2 fully saturated rings. The van der Waals surface area contributed by atoms with Gasteiger partial charge in [-0.3, -0.25) is 0 Å². The van der Waals surface area contributed by atoms with Gasteiger partial charge in [-0.2, -0.15) is 0 Å². The molecule has 1 N–H and O–H groups in total. The van der Waals surface area contributed by atoms with E-state index in [0.29, 0.717) is 6.61 Å². The number of nitrogens with zero attached hydrogens (tertiary/aromatic N) is 2. The van der Waals surface area contributed by atoms with Gasteiger partial charge in [0.2, 0.25) is 0 Å². The van der Waals surface area contributed by atoms with Crippen LogP contribution in [0.5, 0.6) is 11.5 Å². The maximum Gasteiger partial charge on any atom is 0.125 e. The van der Waals surface area contributed by atoms with Crippen LogP contribution in [0.25, 0.3) is 0 Å². The third kappa shape index (κ3) is 4.98. The molecular weight excluding hydrogens is 396 g/mol. The summed E-state index contributed by atoms with van der Waals surface area (Å²) in [5.41, 5.74) is 0.247. The number of methoxy groups -OCH3 is 1. The summed E-state index contributed by atoms with van der Waals surface area (Å²) in [6.07, 6.45) is 8.82. The van der Waals surface area contributed by atoms with Crippen molar-refractivity contribution in [1.29, 1.82) is 0 Å². The van der Waals surface area contributed by atoms with Gasteiger partial charge in [0.05, 0.1) is 19.4 Å². The Labute approximate surface area is 184 Å². The predicted molar refractivity (Wildman–Crippen MR) is 121 cm³/mol. The van der Waals surface area contributed by atoms with Crippen molar-refractivity contribution in [3.63, 3.8) is 0 Å². The number of hydrogen-bond acceptors (Lipinski definition) is 6. The maximum atomic E-state index is 11.5. The van der Waals surface area contributed by atoms with Gasteiger partial charge in [-0.25, -0.2) is 4.98 Å². The lowest BCUT2D eigenvalue weighted by Gasteiger charge is -2.28. The third-order valence-corrected chi connectivity index (χ3v) is 8.05. The van der Waals surface area contributed by atoms with E-state index in [-0.39, 0.29) is 0 Å². The molecule has 0 bridgehead atoms. The zero-order valence-electron chi connectivity index (χ0n) is 18.2. The molecule has 30 heavy (non-hydrogen) atoms. The quantitative estimate of drug-likeness (QED) is 0.690. The molecule has 4 rings (SSSR count). The Morgan fingerprint density at radius 3 is 2.57 bits per heavy atom. The zero-order chi connectivity index (χ0) is 21.0. The Morgan fingerprint density at radius 2 is 1.83 bits per heavy atom. The Balaban J connectivity index is 1.35. The average molecular weight is 431 g/mol. The van der Waals surface area contributed by atoms with Crippen molar-refractivity contribution < 1.29 is 14.6 Å². The van der Waals surface area contributed by atoms with E-state index in [1.165, 1.54) is 30.6 Å². The van der Waals surface area contributed by atoms with Gasteiger partial charge in [0.15, 0.2) is 0 Å². The molecule has 6 heteroatoms. The van der Waals surface area contributed by atoms with Gasteiger partial charge in [-0.05, 0) is 69.8 Å². The first-order chi connectivity index (χ1) is 14.6. The summed E-state index contributed by atoms with van der Waals surface area (Å²) in [4.78, 5) is 8.63. The summed E-state index contributed by atoms with van der Waals surface area (Å²) in [6, 6.07) is 8.39. The topological polar surface area (TPSA) is 54.8 Å². The molecule has 2 heterocycles. The molecule has 0 amide bonds. The fourth-order valence-corrected chi connectivity index (χ4v) is 5.97. The lowest BCUT2D eigenvalue weighted by atomic mass is 9.96. The highest BCUT2D eigenvalue weighted by atomic mass is 32.1. The molecule has 5 nitrogen and oxygen atoms in total. The first-order valence-corrected chi connectivity index (χ1v) is 12.1. The number of thiazole rings is 1. The van der Waals surface area contributed by atoms with Gasteiger partial charge in [0, 0.05) is 23.9 Å². The highest BCUT2D eigenvalue weighted by molar-refractivity contribution is 7.11. The van der Waals surface area contributed by atoms with Crippen molar-refractivity contribution in [2.75, 3.05) is 26.8 Å². The number of aryl methyl sites for hydroxylation is 1. The van der Waals surface area contributed by atoms with Gasteiger partial charge < -0.3 is 19.5 Å². The van der Waals surface area contributed by atoms with Crippen molar-refractivity contribution in [3.05, 3.63) is 39.8 Å². The summed E-state index contributed by atoms with van der Waals surface area (Å²) in [5.74, 6) is 1.67. The average Bonchev–Trinajstić information content (AvgIpc) is 3.37. The van der Waals surface area contributed by atoms with Crippen LogP contribution in [-0.2, 0) is 12.0 Å². The smallest absolute Gasteiger partial charge is 0.125 e. The number of aliphatic hydroxyl groups is 1. The number of benzene rings is 1. The molecular formula is C24H34N2O3S. The molecule has 0 spiro atoms. The molecule has 1 aliphatic heterocycles. The van der Waals surface area contributed by atoms with E-state index in [1.807, 2.05) is 31.2 Å². The molecule has 1 aromatic carbocycles. The second kappa shape index (κ2) is 9.67. The second-order valence-corrected chi connectivity index (χ2v) is 9.74. The highest BCUT2D eigenvalue weighted by Crippen LogP contribution is 2.38. The fraction of sp³-hybridized carbons (Fsp3) is 0.625. The Morgan fingerprint density at radius 1 is 1.10 bits per heavy atom. The largest absolute Gasteiger partial charge is 0.497 e. The maximum absolute atomic E-state index is 11.5. The van der Waals surface area contributed by atoms with Crippen LogP contribution in [0.2, 0.25) is 0 Å². The second-order valence-electron chi connectivity index (χ2n) is 8.66. The fourth-order valence-electron chi connectivity index (χ4n) is 4.78. The van der Waals surface area contributed by atoms with Crippen LogP contribution in [0.15, 0.2) is 24.3 Å². The Kier molecular flexibility index (Phi) is 6.96. The van der Waals surface area contributed by atoms with Gasteiger partial charge in [-0.15, -0.1) is 11.3 Å². The molecule has 2 aromatic rings. The monoisotopic (exact) mass is 430 g/mol. The molecule has 1 saturated carbocycles. The van der Waals surface area contributed by atoms with E-state index < -0.39 is 5.60 Å². The minimum Gasteiger partial charge on any atom is -0.497 e. The standard InChI is InChI=1S/C24H34N2O3S/c1-18-22(12-17-29-21-10-8-20(28-2)9-11-21)30-23(25-18)24(27)13-5-15-26(16-14-24)19-6-3-4-7-19/h8-11,19,27H,3-7,12-17H2,1-2H3/t24-/m1/s1. The van der Waals surface area contributed by atoms with Gasteiger partial charge in [0.25, 0.3) is 0 Å². The first kappa shape index (κ1) is 21.6. The lowest BCUT2D eigenvalue weighted by Crippen LogP contribution is -2.35. The predicted octanol–water partition coefficient (Wildman–Crippen LogP) is 4.70. The summed E-state index contributed by atoms with van der Waals surface area (Å²) < 4.78 is 11.1. The van der Waals surface area contributed by atoms with E-state index in [1.54, 1.807) is 18.4 Å². The highest BCUT2D eigenvalue weighted by Gasteiger charge is 2.37. The number of hydrogen-bond donors (Lipinski definition) is 1. The van der Waals surface area contributed by atoms with E-state index in [9.17, 15) is 5.11 Å². The molecule has 1 aliphatic carbocycles. The normalized spacial score (nSPS) is 23.4. The van der Waals surface area contributed by atoms with Crippen LogP contribution in [0, 0.1) is 6.92 Å². The van der Waals surface area contributed by atoms with E-state index in [0.717, 1.165) is 67.0 Å². The van der Waals surface area contributed by atoms with Crippen molar-refractivity contribution in [3.8, 4) is 11.5 Å². The SMILES string of the molecule is COc1ccc(OCCc2sc([C@@]3(O)CCCN(C4CCCC4)CC3)nc2C)cc1. The zero-order valence-corrected chi connectivity index (χ0v) is 19.0. The third-order valence-electron chi connectivity index (χ3n) is 6.64. The minimum atomic E-state index is -0.780. The first-order valence-electron chi connectivity index (χ1n) is 11.3. The van der Waals surface area contributed by atoms with Crippen LogP contribution in [0.3, 0.4) is 0 Å². The summed E-state index contributed by atoms with van der Waals surface area (Å²) in [6.45, 7) is 4.74. The van der Waals surface area contributed by atoms with E-state index >= 15 is 0 Å².